The number of anilines is 1. The number of para-hydroxylation sites is 1. The first kappa shape index (κ1) is 15.7. The predicted molar refractivity (Wildman–Crippen MR) is 79.8 cm³/mol. The van der Waals surface area contributed by atoms with Crippen LogP contribution in [0.5, 0.6) is 0 Å². The van der Waals surface area contributed by atoms with E-state index in [-0.39, 0.29) is 10.6 Å². The van der Waals surface area contributed by atoms with Gasteiger partial charge < -0.3 is 5.32 Å². The van der Waals surface area contributed by atoms with Crippen LogP contribution in [0.1, 0.15) is 32.6 Å². The van der Waals surface area contributed by atoms with E-state index >= 15 is 0 Å². The first-order valence-corrected chi connectivity index (χ1v) is 8.26. The van der Waals surface area contributed by atoms with Crippen LogP contribution in [-0.2, 0) is 10.0 Å². The zero-order chi connectivity index (χ0) is 15.7. The molecule has 8 heteroatoms. The lowest BCUT2D eigenvalue weighted by molar-refractivity contribution is -0.386. The number of benzene rings is 1. The van der Waals surface area contributed by atoms with Gasteiger partial charge in [-0.2, -0.15) is 0 Å². The van der Waals surface area contributed by atoms with Crippen molar-refractivity contribution in [2.75, 3.05) is 12.4 Å². The van der Waals surface area contributed by atoms with Gasteiger partial charge in [-0.05, 0) is 31.9 Å². The van der Waals surface area contributed by atoms with Gasteiger partial charge in [-0.3, -0.25) is 10.1 Å². The van der Waals surface area contributed by atoms with Crippen molar-refractivity contribution in [1.29, 1.82) is 0 Å². The summed E-state index contributed by atoms with van der Waals surface area (Å²) in [5.74, 6) is 0. The van der Waals surface area contributed by atoms with E-state index in [1.165, 1.54) is 25.2 Å². The van der Waals surface area contributed by atoms with Crippen molar-refractivity contribution in [3.8, 4) is 0 Å². The Kier molecular flexibility index (Phi) is 4.20. The van der Waals surface area contributed by atoms with Crippen LogP contribution in [0.15, 0.2) is 23.1 Å². The number of nitrogens with zero attached hydrogens (tertiary/aromatic N) is 1. The molecule has 1 aromatic carbocycles. The van der Waals surface area contributed by atoms with E-state index in [1.54, 1.807) is 0 Å². The highest BCUT2D eigenvalue weighted by atomic mass is 32.2. The second kappa shape index (κ2) is 5.61. The minimum atomic E-state index is -3.94. The maximum atomic E-state index is 12.5. The Balaban J connectivity index is 2.47. The molecule has 21 heavy (non-hydrogen) atoms. The van der Waals surface area contributed by atoms with Gasteiger partial charge in [0.1, 0.15) is 5.69 Å². The number of hydrogen-bond acceptors (Lipinski definition) is 5. The average molecular weight is 313 g/mol. The normalized spacial score (nSPS) is 17.6. The van der Waals surface area contributed by atoms with Crippen LogP contribution in [-0.4, -0.2) is 25.9 Å². The molecular formula is C13H19N3O4S. The van der Waals surface area contributed by atoms with Gasteiger partial charge >= 0.3 is 5.69 Å². The summed E-state index contributed by atoms with van der Waals surface area (Å²) in [7, 11) is -2.42. The van der Waals surface area contributed by atoms with Crippen LogP contribution in [0.25, 0.3) is 0 Å². The van der Waals surface area contributed by atoms with Gasteiger partial charge in [0, 0.05) is 12.6 Å². The summed E-state index contributed by atoms with van der Waals surface area (Å²) >= 11 is 0. The van der Waals surface area contributed by atoms with E-state index < -0.39 is 26.2 Å². The molecule has 1 aromatic rings. The van der Waals surface area contributed by atoms with E-state index in [0.29, 0.717) is 0 Å². The third-order valence-electron chi connectivity index (χ3n) is 3.83. The molecular weight excluding hydrogens is 294 g/mol. The fourth-order valence-electron chi connectivity index (χ4n) is 2.77. The Morgan fingerprint density at radius 1 is 1.29 bits per heavy atom. The highest BCUT2D eigenvalue weighted by Gasteiger charge is 2.37. The van der Waals surface area contributed by atoms with Crippen molar-refractivity contribution in [1.82, 2.24) is 4.72 Å². The average Bonchev–Trinajstić information content (AvgIpc) is 2.83. The van der Waals surface area contributed by atoms with Gasteiger partial charge in [-0.25, -0.2) is 13.1 Å². The van der Waals surface area contributed by atoms with Crippen LogP contribution < -0.4 is 10.0 Å². The molecule has 2 rings (SSSR count). The summed E-state index contributed by atoms with van der Waals surface area (Å²) in [4.78, 5) is 10.3. The maximum absolute atomic E-state index is 12.5. The van der Waals surface area contributed by atoms with Gasteiger partial charge in [0.25, 0.3) is 0 Å². The summed E-state index contributed by atoms with van der Waals surface area (Å²) in [5, 5.41) is 13.9. The lowest BCUT2D eigenvalue weighted by Gasteiger charge is -2.24. The van der Waals surface area contributed by atoms with E-state index in [4.69, 9.17) is 0 Å². The molecule has 0 radical (unpaired) electrons. The standard InChI is InChI=1S/C13H19N3O4S/c1-13(8-3-4-9-13)15-21(19,20)11-7-5-6-10(14-2)12(11)16(17)18/h5-7,14-15H,3-4,8-9H2,1-2H3. The van der Waals surface area contributed by atoms with Gasteiger partial charge in [-0.15, -0.1) is 0 Å². The Morgan fingerprint density at radius 3 is 2.43 bits per heavy atom. The van der Waals surface area contributed by atoms with E-state index in [9.17, 15) is 18.5 Å². The zero-order valence-electron chi connectivity index (χ0n) is 12.0. The molecule has 0 aromatic heterocycles. The van der Waals surface area contributed by atoms with E-state index in [1.807, 2.05) is 6.92 Å². The summed E-state index contributed by atoms with van der Waals surface area (Å²) in [5.41, 5.74) is -0.768. The van der Waals surface area contributed by atoms with Crippen molar-refractivity contribution >= 4 is 21.4 Å². The molecule has 1 fully saturated rings. The summed E-state index contributed by atoms with van der Waals surface area (Å²) in [6, 6.07) is 4.23. The minimum absolute atomic E-state index is 0.180. The second-order valence-electron chi connectivity index (χ2n) is 5.53. The van der Waals surface area contributed by atoms with E-state index in [0.717, 1.165) is 25.7 Å². The van der Waals surface area contributed by atoms with Crippen LogP contribution in [0.3, 0.4) is 0 Å². The molecule has 1 aliphatic carbocycles. The monoisotopic (exact) mass is 313 g/mol. The highest BCUT2D eigenvalue weighted by molar-refractivity contribution is 7.89. The smallest absolute Gasteiger partial charge is 0.312 e. The van der Waals surface area contributed by atoms with Crippen molar-refractivity contribution in [3.05, 3.63) is 28.3 Å². The lowest BCUT2D eigenvalue weighted by Crippen LogP contribution is -2.43. The van der Waals surface area contributed by atoms with Crippen molar-refractivity contribution in [2.24, 2.45) is 0 Å². The zero-order valence-corrected chi connectivity index (χ0v) is 12.9. The molecule has 1 aliphatic rings. The Bertz CT molecular complexity index is 651. The third kappa shape index (κ3) is 3.16. The molecule has 0 bridgehead atoms. The Labute approximate surface area is 123 Å². The summed E-state index contributed by atoms with van der Waals surface area (Å²) in [6.45, 7) is 1.84. The van der Waals surface area contributed by atoms with Crippen LogP contribution in [0.2, 0.25) is 0 Å². The van der Waals surface area contributed by atoms with E-state index in [2.05, 4.69) is 10.0 Å². The lowest BCUT2D eigenvalue weighted by atomic mass is 10.0. The van der Waals surface area contributed by atoms with Crippen molar-refractivity contribution in [3.63, 3.8) is 0 Å². The molecule has 0 spiro atoms. The van der Waals surface area contributed by atoms with Gasteiger partial charge in [0.15, 0.2) is 4.90 Å². The van der Waals surface area contributed by atoms with Crippen LogP contribution in [0, 0.1) is 10.1 Å². The Morgan fingerprint density at radius 2 is 1.90 bits per heavy atom. The number of nitro benzene ring substituents is 1. The number of hydrogen-bond donors (Lipinski definition) is 2. The van der Waals surface area contributed by atoms with Gasteiger partial charge in [0.05, 0.1) is 4.92 Å². The topological polar surface area (TPSA) is 101 Å². The number of rotatable bonds is 5. The maximum Gasteiger partial charge on any atom is 0.312 e. The molecule has 0 atom stereocenters. The first-order chi connectivity index (χ1) is 9.79. The first-order valence-electron chi connectivity index (χ1n) is 6.78. The minimum Gasteiger partial charge on any atom is -0.383 e. The predicted octanol–water partition coefficient (Wildman–Crippen LogP) is 2.25. The number of nitro groups is 1. The van der Waals surface area contributed by atoms with Crippen molar-refractivity contribution in [2.45, 2.75) is 43.0 Å². The molecule has 2 N–H and O–H groups in total. The van der Waals surface area contributed by atoms with Gasteiger partial charge in [0.2, 0.25) is 10.0 Å². The highest BCUT2D eigenvalue weighted by Crippen LogP contribution is 2.35. The molecule has 0 aliphatic heterocycles. The summed E-state index contributed by atoms with van der Waals surface area (Å²) < 4.78 is 27.7. The molecule has 7 nitrogen and oxygen atoms in total. The Hall–Kier alpha value is -1.67. The molecule has 0 saturated heterocycles. The van der Waals surface area contributed by atoms with Crippen molar-refractivity contribution < 1.29 is 13.3 Å². The molecule has 0 heterocycles. The fraction of sp³-hybridized carbons (Fsp3) is 0.538. The fourth-order valence-corrected chi connectivity index (χ4v) is 4.43. The summed E-state index contributed by atoms with van der Waals surface area (Å²) in [6.07, 6.45) is 3.40. The largest absolute Gasteiger partial charge is 0.383 e. The van der Waals surface area contributed by atoms with Gasteiger partial charge in [-0.1, -0.05) is 18.9 Å². The molecule has 116 valence electrons. The second-order valence-corrected chi connectivity index (χ2v) is 7.18. The molecule has 1 saturated carbocycles. The third-order valence-corrected chi connectivity index (χ3v) is 5.50. The quantitative estimate of drug-likeness (QED) is 0.641. The van der Waals surface area contributed by atoms with Crippen LogP contribution >= 0.6 is 0 Å². The number of nitrogens with one attached hydrogen (secondary N) is 2. The SMILES string of the molecule is CNc1cccc(S(=O)(=O)NC2(C)CCCC2)c1[N+](=O)[O-]. The number of sulfonamides is 1. The van der Waals surface area contributed by atoms with Crippen LogP contribution in [0.4, 0.5) is 11.4 Å². The molecule has 0 amide bonds. The molecule has 0 unspecified atom stereocenters.